The second-order valence-corrected chi connectivity index (χ2v) is 7.76. The van der Waals surface area contributed by atoms with Crippen LogP contribution in [0.25, 0.3) is 5.70 Å². The fourth-order valence-corrected chi connectivity index (χ4v) is 4.55. The number of benzene rings is 3. The molecular formula is C25H19FN4O. The molecule has 31 heavy (non-hydrogen) atoms. The van der Waals surface area contributed by atoms with Gasteiger partial charge in [0.25, 0.3) is 0 Å². The Bertz CT molecular complexity index is 1340. The Hall–Kier alpha value is -3.93. The highest BCUT2D eigenvalue weighted by atomic mass is 19.1. The van der Waals surface area contributed by atoms with Crippen LogP contribution in [-0.4, -0.2) is 14.8 Å². The molecule has 3 aromatic carbocycles. The number of aromatic nitrogens is 3. The molecule has 1 aromatic heterocycles. The second-order valence-electron chi connectivity index (χ2n) is 7.76. The molecule has 6 rings (SSSR count). The summed E-state index contributed by atoms with van der Waals surface area (Å²) in [5.41, 5.74) is 5.41. The molecule has 4 aromatic rings. The lowest BCUT2D eigenvalue weighted by Crippen LogP contribution is -2.33. The summed E-state index contributed by atoms with van der Waals surface area (Å²) in [6.45, 7) is 2.06. The zero-order valence-corrected chi connectivity index (χ0v) is 16.8. The molecule has 0 saturated carbocycles. The first kappa shape index (κ1) is 17.9. The van der Waals surface area contributed by atoms with Crippen molar-refractivity contribution in [2.45, 2.75) is 19.1 Å². The lowest BCUT2D eigenvalue weighted by Gasteiger charge is -2.39. The van der Waals surface area contributed by atoms with E-state index in [1.165, 1.54) is 12.4 Å². The van der Waals surface area contributed by atoms with Crippen LogP contribution in [0.15, 0.2) is 84.7 Å². The first-order chi connectivity index (χ1) is 15.2. The first-order valence-electron chi connectivity index (χ1n) is 10.2. The van der Waals surface area contributed by atoms with E-state index in [2.05, 4.69) is 34.5 Å². The molecular weight excluding hydrogens is 391 g/mol. The zero-order valence-electron chi connectivity index (χ0n) is 16.8. The molecule has 2 aliphatic rings. The van der Waals surface area contributed by atoms with Gasteiger partial charge in [-0.15, -0.1) is 0 Å². The van der Waals surface area contributed by atoms with Crippen LogP contribution in [0.2, 0.25) is 0 Å². The first-order valence-corrected chi connectivity index (χ1v) is 10.2. The number of aryl methyl sites for hydroxylation is 1. The Kier molecular flexibility index (Phi) is 3.93. The third-order valence-corrected chi connectivity index (χ3v) is 5.99. The summed E-state index contributed by atoms with van der Waals surface area (Å²) < 4.78 is 23.4. The van der Waals surface area contributed by atoms with E-state index in [0.29, 0.717) is 11.5 Å². The Morgan fingerprint density at radius 3 is 2.52 bits per heavy atom. The van der Waals surface area contributed by atoms with Gasteiger partial charge in [-0.25, -0.2) is 9.07 Å². The zero-order chi connectivity index (χ0) is 20.9. The van der Waals surface area contributed by atoms with Crippen molar-refractivity contribution in [3.63, 3.8) is 0 Å². The highest BCUT2D eigenvalue weighted by Crippen LogP contribution is 2.51. The molecule has 0 radical (unpaired) electrons. The third kappa shape index (κ3) is 2.68. The van der Waals surface area contributed by atoms with Gasteiger partial charge in [0, 0.05) is 16.7 Å². The van der Waals surface area contributed by atoms with Crippen molar-refractivity contribution in [3.8, 4) is 5.75 Å². The maximum atomic E-state index is 15.1. The molecule has 1 N–H and O–H groups in total. The number of nitrogens with zero attached hydrogens (tertiary/aromatic N) is 3. The molecule has 3 heterocycles. The summed E-state index contributed by atoms with van der Waals surface area (Å²) >= 11 is 0. The summed E-state index contributed by atoms with van der Waals surface area (Å²) in [6.07, 6.45) is 1.09. The second kappa shape index (κ2) is 6.80. The van der Waals surface area contributed by atoms with Crippen molar-refractivity contribution in [2.24, 2.45) is 0 Å². The molecule has 5 nitrogen and oxygen atoms in total. The van der Waals surface area contributed by atoms with E-state index in [-0.39, 0.29) is 5.82 Å². The predicted octanol–water partition coefficient (Wildman–Crippen LogP) is 5.29. The maximum absolute atomic E-state index is 15.1. The fourth-order valence-electron chi connectivity index (χ4n) is 4.55. The lowest BCUT2D eigenvalue weighted by molar-refractivity contribution is 0.221. The van der Waals surface area contributed by atoms with Crippen molar-refractivity contribution in [2.75, 3.05) is 5.32 Å². The summed E-state index contributed by atoms with van der Waals surface area (Å²) in [7, 11) is 0. The van der Waals surface area contributed by atoms with Gasteiger partial charge in [-0.05, 0) is 36.2 Å². The van der Waals surface area contributed by atoms with E-state index in [0.717, 1.165) is 33.7 Å². The van der Waals surface area contributed by atoms with Gasteiger partial charge >= 0.3 is 0 Å². The minimum atomic E-state index is -0.493. The van der Waals surface area contributed by atoms with Crippen LogP contribution < -0.4 is 10.1 Å². The molecule has 0 spiro atoms. The highest BCUT2D eigenvalue weighted by Gasteiger charge is 2.41. The number of ether oxygens (including phenoxy) is 1. The molecule has 6 heteroatoms. The van der Waals surface area contributed by atoms with Gasteiger partial charge in [-0.3, -0.25) is 0 Å². The number of rotatable bonds is 2. The SMILES string of the molecule is Cc1ccccc1[C@@H]1Oc2ccccc2C2=C1[C@@H](c1ccccc1F)n1ncnc1N2. The van der Waals surface area contributed by atoms with Crippen LogP contribution >= 0.6 is 0 Å². The highest BCUT2D eigenvalue weighted by molar-refractivity contribution is 5.85. The number of nitrogens with one attached hydrogen (secondary N) is 1. The number of fused-ring (bicyclic) bond motifs is 3. The number of halogens is 1. The fraction of sp³-hybridized carbons (Fsp3) is 0.120. The van der Waals surface area contributed by atoms with Gasteiger partial charge in [0.15, 0.2) is 0 Å². The van der Waals surface area contributed by atoms with Gasteiger partial charge < -0.3 is 10.1 Å². The van der Waals surface area contributed by atoms with Gasteiger partial charge in [0.2, 0.25) is 5.95 Å². The summed E-state index contributed by atoms with van der Waals surface area (Å²) in [6, 6.07) is 22.4. The number of hydrogen-bond donors (Lipinski definition) is 1. The van der Waals surface area contributed by atoms with Crippen LogP contribution in [0.5, 0.6) is 5.75 Å². The Balaban J connectivity index is 1.67. The summed E-state index contributed by atoms with van der Waals surface area (Å²) in [4.78, 5) is 4.38. The molecule has 0 fully saturated rings. The summed E-state index contributed by atoms with van der Waals surface area (Å²) in [5, 5.41) is 7.88. The van der Waals surface area contributed by atoms with Crippen molar-refractivity contribution in [1.29, 1.82) is 0 Å². The molecule has 0 saturated heterocycles. The third-order valence-electron chi connectivity index (χ3n) is 5.99. The number of hydrogen-bond acceptors (Lipinski definition) is 4. The van der Waals surface area contributed by atoms with Crippen LogP contribution in [0, 0.1) is 12.7 Å². The van der Waals surface area contributed by atoms with Crippen LogP contribution in [-0.2, 0) is 0 Å². The molecule has 152 valence electrons. The Labute approximate surface area is 178 Å². The van der Waals surface area contributed by atoms with Crippen molar-refractivity contribution in [1.82, 2.24) is 14.8 Å². The minimum Gasteiger partial charge on any atom is -0.480 e. The quantitative estimate of drug-likeness (QED) is 0.488. The topological polar surface area (TPSA) is 52.0 Å². The molecule has 0 unspecified atom stereocenters. The largest absolute Gasteiger partial charge is 0.480 e. The normalized spacial score (nSPS) is 19.0. The van der Waals surface area contributed by atoms with E-state index >= 15 is 4.39 Å². The standard InChI is InChI=1S/C25H19FN4O/c1-15-8-2-3-9-16(15)24-21-22(18-11-5-7-13-20(18)31-24)29-25-27-14-28-30(25)23(21)17-10-4-6-12-19(17)26/h2-14,23-24H,1H3,(H,27,28,29)/t23-,24+/m1/s1. The van der Waals surface area contributed by atoms with Gasteiger partial charge in [0.1, 0.15) is 30.0 Å². The maximum Gasteiger partial charge on any atom is 0.226 e. The van der Waals surface area contributed by atoms with Gasteiger partial charge in [0.05, 0.1) is 5.70 Å². The van der Waals surface area contributed by atoms with E-state index in [9.17, 15) is 0 Å². The average Bonchev–Trinajstić information content (AvgIpc) is 3.26. The lowest BCUT2D eigenvalue weighted by atomic mass is 9.83. The van der Waals surface area contributed by atoms with Crippen LogP contribution in [0.1, 0.15) is 34.4 Å². The van der Waals surface area contributed by atoms with Crippen molar-refractivity contribution in [3.05, 3.63) is 113 Å². The Morgan fingerprint density at radius 1 is 0.935 bits per heavy atom. The van der Waals surface area contributed by atoms with E-state index in [1.807, 2.05) is 42.5 Å². The van der Waals surface area contributed by atoms with Gasteiger partial charge in [-0.2, -0.15) is 10.1 Å². The van der Waals surface area contributed by atoms with Gasteiger partial charge in [-0.1, -0.05) is 54.6 Å². The molecule has 0 amide bonds. The Morgan fingerprint density at radius 2 is 1.68 bits per heavy atom. The smallest absolute Gasteiger partial charge is 0.226 e. The number of anilines is 1. The van der Waals surface area contributed by atoms with E-state index in [4.69, 9.17) is 4.74 Å². The van der Waals surface area contributed by atoms with E-state index < -0.39 is 12.1 Å². The van der Waals surface area contributed by atoms with Crippen molar-refractivity contribution >= 4 is 11.6 Å². The number of para-hydroxylation sites is 1. The molecule has 0 bridgehead atoms. The van der Waals surface area contributed by atoms with E-state index in [1.54, 1.807) is 16.8 Å². The average molecular weight is 410 g/mol. The van der Waals surface area contributed by atoms with Crippen molar-refractivity contribution < 1.29 is 9.13 Å². The monoisotopic (exact) mass is 410 g/mol. The molecule has 2 atom stereocenters. The van der Waals surface area contributed by atoms with Crippen LogP contribution in [0.4, 0.5) is 10.3 Å². The summed E-state index contributed by atoms with van der Waals surface area (Å²) in [5.74, 6) is 1.07. The molecule has 2 aliphatic heterocycles. The predicted molar refractivity (Wildman–Crippen MR) is 116 cm³/mol. The van der Waals surface area contributed by atoms with Crippen LogP contribution in [0.3, 0.4) is 0 Å². The minimum absolute atomic E-state index is 0.287. The molecule has 0 aliphatic carbocycles.